The largest absolute Gasteiger partial charge is 0.391 e. The number of benzene rings is 1. The van der Waals surface area contributed by atoms with Crippen molar-refractivity contribution in [2.75, 3.05) is 13.1 Å². The van der Waals surface area contributed by atoms with Crippen LogP contribution in [0.3, 0.4) is 0 Å². The molecule has 92 valence electrons. The van der Waals surface area contributed by atoms with Gasteiger partial charge in [0.05, 0.1) is 16.7 Å². The van der Waals surface area contributed by atoms with Gasteiger partial charge in [-0.15, -0.1) is 0 Å². The Morgan fingerprint density at radius 1 is 1.47 bits per heavy atom. The van der Waals surface area contributed by atoms with Crippen LogP contribution in [0.25, 0.3) is 0 Å². The lowest BCUT2D eigenvalue weighted by Crippen LogP contribution is -2.45. The molecule has 1 aromatic carbocycles. The lowest BCUT2D eigenvalue weighted by atomic mass is 9.95. The summed E-state index contributed by atoms with van der Waals surface area (Å²) in [5.41, 5.74) is 0.510. The van der Waals surface area contributed by atoms with Gasteiger partial charge in [0.2, 0.25) is 0 Å². The van der Waals surface area contributed by atoms with Gasteiger partial charge in [0.15, 0.2) is 0 Å². The summed E-state index contributed by atoms with van der Waals surface area (Å²) in [5, 5.41) is 10.2. The minimum absolute atomic E-state index is 0.0958. The highest BCUT2D eigenvalue weighted by Gasteiger charge is 2.28. The maximum atomic E-state index is 12.2. The van der Waals surface area contributed by atoms with E-state index in [0.717, 1.165) is 6.42 Å². The number of rotatable bonds is 1. The van der Waals surface area contributed by atoms with Crippen molar-refractivity contribution in [1.29, 1.82) is 0 Å². The first-order valence-corrected chi connectivity index (χ1v) is 6.19. The molecule has 1 fully saturated rings. The second-order valence-electron chi connectivity index (χ2n) is 4.56. The smallest absolute Gasteiger partial charge is 0.255 e. The van der Waals surface area contributed by atoms with Crippen molar-refractivity contribution in [1.82, 2.24) is 4.90 Å². The third-order valence-corrected chi connectivity index (χ3v) is 3.64. The van der Waals surface area contributed by atoms with E-state index in [9.17, 15) is 9.90 Å². The third kappa shape index (κ3) is 2.61. The van der Waals surface area contributed by atoms with Gasteiger partial charge in [-0.3, -0.25) is 4.79 Å². The summed E-state index contributed by atoms with van der Waals surface area (Å²) in [5.74, 6) is 0.159. The number of nitrogens with zero attached hydrogens (tertiary/aromatic N) is 1. The fourth-order valence-electron chi connectivity index (χ4n) is 2.04. The SMILES string of the molecule is CC1CCN(C(=O)c2ccccc2Cl)CC1O. The van der Waals surface area contributed by atoms with E-state index in [4.69, 9.17) is 11.6 Å². The molecule has 4 heteroatoms. The van der Waals surface area contributed by atoms with E-state index < -0.39 is 6.10 Å². The van der Waals surface area contributed by atoms with Crippen LogP contribution in [-0.4, -0.2) is 35.1 Å². The van der Waals surface area contributed by atoms with Crippen LogP contribution in [0.1, 0.15) is 23.7 Å². The van der Waals surface area contributed by atoms with Crippen LogP contribution in [0, 0.1) is 5.92 Å². The number of aliphatic hydroxyl groups excluding tert-OH is 1. The molecule has 0 bridgehead atoms. The molecule has 1 aliphatic heterocycles. The zero-order valence-electron chi connectivity index (χ0n) is 9.77. The van der Waals surface area contributed by atoms with E-state index in [1.807, 2.05) is 6.92 Å². The maximum absolute atomic E-state index is 12.2. The Hall–Kier alpha value is -1.06. The normalized spacial score (nSPS) is 24.8. The number of hydrogen-bond acceptors (Lipinski definition) is 2. The van der Waals surface area contributed by atoms with Gasteiger partial charge in [-0.2, -0.15) is 0 Å². The number of hydrogen-bond donors (Lipinski definition) is 1. The Kier molecular flexibility index (Phi) is 3.69. The van der Waals surface area contributed by atoms with Gasteiger partial charge < -0.3 is 10.0 Å². The molecule has 2 unspecified atom stereocenters. The third-order valence-electron chi connectivity index (χ3n) is 3.31. The van der Waals surface area contributed by atoms with Crippen LogP contribution >= 0.6 is 11.6 Å². The molecule has 2 atom stereocenters. The summed E-state index contributed by atoms with van der Waals surface area (Å²) >= 11 is 5.99. The van der Waals surface area contributed by atoms with Crippen molar-refractivity contribution in [2.45, 2.75) is 19.4 Å². The van der Waals surface area contributed by atoms with Crippen molar-refractivity contribution >= 4 is 17.5 Å². The first-order chi connectivity index (χ1) is 8.09. The predicted octanol–water partition coefficient (Wildman–Crippen LogP) is 2.18. The van der Waals surface area contributed by atoms with Gasteiger partial charge in [0.1, 0.15) is 0 Å². The van der Waals surface area contributed by atoms with E-state index in [1.165, 1.54) is 0 Å². The van der Waals surface area contributed by atoms with Crippen molar-refractivity contribution in [3.63, 3.8) is 0 Å². The van der Waals surface area contributed by atoms with Crippen molar-refractivity contribution in [3.05, 3.63) is 34.9 Å². The van der Waals surface area contributed by atoms with Crippen LogP contribution in [0.2, 0.25) is 5.02 Å². The van der Waals surface area contributed by atoms with Gasteiger partial charge >= 0.3 is 0 Å². The zero-order valence-corrected chi connectivity index (χ0v) is 10.5. The van der Waals surface area contributed by atoms with E-state index in [-0.39, 0.29) is 11.8 Å². The summed E-state index contributed by atoms with van der Waals surface area (Å²) in [4.78, 5) is 13.9. The number of carbonyl (C=O) groups is 1. The van der Waals surface area contributed by atoms with Gasteiger partial charge in [-0.25, -0.2) is 0 Å². The Balaban J connectivity index is 2.14. The highest BCUT2D eigenvalue weighted by molar-refractivity contribution is 6.33. The van der Waals surface area contributed by atoms with Crippen LogP contribution < -0.4 is 0 Å². The number of carbonyl (C=O) groups excluding carboxylic acids is 1. The number of aliphatic hydroxyl groups is 1. The predicted molar refractivity (Wildman–Crippen MR) is 67.1 cm³/mol. The second kappa shape index (κ2) is 5.07. The maximum Gasteiger partial charge on any atom is 0.255 e. The van der Waals surface area contributed by atoms with Crippen molar-refractivity contribution in [2.24, 2.45) is 5.92 Å². The van der Waals surface area contributed by atoms with Crippen LogP contribution in [0.4, 0.5) is 0 Å². The second-order valence-corrected chi connectivity index (χ2v) is 4.97. The molecular weight excluding hydrogens is 238 g/mol. The molecule has 1 amide bonds. The van der Waals surface area contributed by atoms with Crippen LogP contribution in [0.5, 0.6) is 0 Å². The molecule has 3 nitrogen and oxygen atoms in total. The molecule has 17 heavy (non-hydrogen) atoms. The monoisotopic (exact) mass is 253 g/mol. The summed E-state index contributed by atoms with van der Waals surface area (Å²) in [6.45, 7) is 3.08. The van der Waals surface area contributed by atoms with E-state index in [2.05, 4.69) is 0 Å². The molecule has 1 aromatic rings. The highest BCUT2D eigenvalue weighted by Crippen LogP contribution is 2.22. The van der Waals surface area contributed by atoms with E-state index >= 15 is 0 Å². The van der Waals surface area contributed by atoms with E-state index in [1.54, 1.807) is 29.2 Å². The highest BCUT2D eigenvalue weighted by atomic mass is 35.5. The standard InChI is InChI=1S/C13H16ClNO2/c1-9-6-7-15(8-12(9)16)13(17)10-4-2-3-5-11(10)14/h2-5,9,12,16H,6-8H2,1H3. The molecule has 0 aromatic heterocycles. The lowest BCUT2D eigenvalue weighted by Gasteiger charge is -2.34. The Morgan fingerprint density at radius 2 is 2.18 bits per heavy atom. The Labute approximate surface area is 106 Å². The van der Waals surface area contributed by atoms with Crippen LogP contribution in [-0.2, 0) is 0 Å². The lowest BCUT2D eigenvalue weighted by molar-refractivity contribution is 0.0249. The first kappa shape index (κ1) is 12.4. The van der Waals surface area contributed by atoms with E-state index in [0.29, 0.717) is 23.7 Å². The topological polar surface area (TPSA) is 40.5 Å². The molecule has 1 heterocycles. The number of piperidine rings is 1. The molecule has 0 radical (unpaired) electrons. The minimum atomic E-state index is -0.435. The van der Waals surface area contributed by atoms with Gasteiger partial charge in [-0.1, -0.05) is 30.7 Å². The molecule has 0 aliphatic carbocycles. The van der Waals surface area contributed by atoms with Gasteiger partial charge in [0, 0.05) is 13.1 Å². The summed E-state index contributed by atoms with van der Waals surface area (Å²) < 4.78 is 0. The van der Waals surface area contributed by atoms with Crippen LogP contribution in [0.15, 0.2) is 24.3 Å². The first-order valence-electron chi connectivity index (χ1n) is 5.81. The number of amides is 1. The fraction of sp³-hybridized carbons (Fsp3) is 0.462. The van der Waals surface area contributed by atoms with Crippen molar-refractivity contribution < 1.29 is 9.90 Å². The summed E-state index contributed by atoms with van der Waals surface area (Å²) in [6.07, 6.45) is 0.396. The molecule has 1 aliphatic rings. The number of likely N-dealkylation sites (tertiary alicyclic amines) is 1. The molecular formula is C13H16ClNO2. The fourth-order valence-corrected chi connectivity index (χ4v) is 2.25. The number of halogens is 1. The molecule has 0 saturated carbocycles. The molecule has 1 N–H and O–H groups in total. The zero-order chi connectivity index (χ0) is 12.4. The summed E-state index contributed by atoms with van der Waals surface area (Å²) in [6, 6.07) is 7.02. The van der Waals surface area contributed by atoms with Gasteiger partial charge in [-0.05, 0) is 24.5 Å². The van der Waals surface area contributed by atoms with Gasteiger partial charge in [0.25, 0.3) is 5.91 Å². The minimum Gasteiger partial charge on any atom is -0.391 e. The van der Waals surface area contributed by atoms with Crippen molar-refractivity contribution in [3.8, 4) is 0 Å². The summed E-state index contributed by atoms with van der Waals surface area (Å²) in [7, 11) is 0. The Morgan fingerprint density at radius 3 is 2.82 bits per heavy atom. The Bertz CT molecular complexity index is 422. The molecule has 1 saturated heterocycles. The quantitative estimate of drug-likeness (QED) is 0.834. The number of β-amino-alcohol motifs (C(OH)–C–C–N with tert-alkyl or cyclic N) is 1. The average Bonchev–Trinajstić information content (AvgIpc) is 2.32. The molecule has 2 rings (SSSR count). The average molecular weight is 254 g/mol. The molecule has 0 spiro atoms.